The molecule has 0 atom stereocenters. The van der Waals surface area contributed by atoms with Crippen LogP contribution in [0.15, 0.2) is 42.0 Å². The maximum Gasteiger partial charge on any atom is 0.157 e. The molecule has 0 aliphatic carbocycles. The lowest BCUT2D eigenvalue weighted by Gasteiger charge is -2.13. The highest BCUT2D eigenvalue weighted by Crippen LogP contribution is 2.31. The highest BCUT2D eigenvalue weighted by molar-refractivity contribution is 5.74. The van der Waals surface area contributed by atoms with Gasteiger partial charge in [-0.05, 0) is 56.5 Å². The van der Waals surface area contributed by atoms with Crippen LogP contribution in [0.3, 0.4) is 0 Å². The molecule has 3 N–H and O–H groups in total. The van der Waals surface area contributed by atoms with Crippen molar-refractivity contribution in [3.05, 3.63) is 58.7 Å². The Bertz CT molecular complexity index is 800. The van der Waals surface area contributed by atoms with Crippen LogP contribution in [0.2, 0.25) is 0 Å². The van der Waals surface area contributed by atoms with Gasteiger partial charge in [-0.15, -0.1) is 0 Å². The molecule has 132 valence electrons. The van der Waals surface area contributed by atoms with E-state index in [9.17, 15) is 15.3 Å². The minimum absolute atomic E-state index is 0.137. The van der Waals surface area contributed by atoms with Crippen molar-refractivity contribution >= 4 is 12.2 Å². The molecule has 0 aliphatic rings. The van der Waals surface area contributed by atoms with Gasteiger partial charge < -0.3 is 20.1 Å². The summed E-state index contributed by atoms with van der Waals surface area (Å²) >= 11 is 0. The van der Waals surface area contributed by atoms with Gasteiger partial charge in [0.15, 0.2) is 11.5 Å². The third kappa shape index (κ3) is 5.05. The predicted molar refractivity (Wildman–Crippen MR) is 101 cm³/mol. The van der Waals surface area contributed by atoms with Crippen LogP contribution in [0, 0.1) is 0 Å². The summed E-state index contributed by atoms with van der Waals surface area (Å²) in [5.74, 6) is 0.473. The van der Waals surface area contributed by atoms with E-state index < -0.39 is 0 Å². The number of ether oxygens (including phenoxy) is 1. The molecular weight excluding hydrogens is 316 g/mol. The van der Waals surface area contributed by atoms with Crippen molar-refractivity contribution in [1.82, 2.24) is 0 Å². The summed E-state index contributed by atoms with van der Waals surface area (Å²) in [6.45, 7) is 6.49. The monoisotopic (exact) mass is 340 g/mol. The summed E-state index contributed by atoms with van der Waals surface area (Å²) in [5.41, 5.74) is 3.77. The predicted octanol–water partition coefficient (Wildman–Crippen LogP) is 4.88. The highest BCUT2D eigenvalue weighted by Gasteiger charge is 2.10. The van der Waals surface area contributed by atoms with E-state index in [1.165, 1.54) is 17.7 Å². The van der Waals surface area contributed by atoms with Crippen molar-refractivity contribution in [3.63, 3.8) is 0 Å². The number of aromatic hydroxyl groups is 3. The van der Waals surface area contributed by atoms with E-state index in [0.717, 1.165) is 16.7 Å². The van der Waals surface area contributed by atoms with Crippen molar-refractivity contribution in [2.45, 2.75) is 27.2 Å². The first-order valence-electron chi connectivity index (χ1n) is 8.22. The number of phenols is 3. The minimum atomic E-state index is -0.169. The fourth-order valence-corrected chi connectivity index (χ4v) is 2.44. The lowest BCUT2D eigenvalue weighted by molar-refractivity contribution is 0.334. The minimum Gasteiger partial charge on any atom is -0.508 e. The van der Waals surface area contributed by atoms with Gasteiger partial charge >= 0.3 is 0 Å². The Morgan fingerprint density at radius 3 is 2.40 bits per heavy atom. The molecule has 0 saturated heterocycles. The molecule has 2 aromatic rings. The normalized spacial score (nSPS) is 10.8. The summed E-state index contributed by atoms with van der Waals surface area (Å²) < 4.78 is 5.68. The van der Waals surface area contributed by atoms with Gasteiger partial charge in [0.2, 0.25) is 0 Å². The average molecular weight is 340 g/mol. The average Bonchev–Trinajstić information content (AvgIpc) is 2.55. The van der Waals surface area contributed by atoms with Crippen LogP contribution < -0.4 is 4.74 Å². The summed E-state index contributed by atoms with van der Waals surface area (Å²) in [6.07, 6.45) is 6.48. The van der Waals surface area contributed by atoms with Gasteiger partial charge in [-0.3, -0.25) is 0 Å². The second kappa shape index (κ2) is 8.29. The zero-order valence-electron chi connectivity index (χ0n) is 14.8. The molecular formula is C21H24O4. The summed E-state index contributed by atoms with van der Waals surface area (Å²) in [4.78, 5) is 0. The lowest BCUT2D eigenvalue weighted by atomic mass is 10.00. The Morgan fingerprint density at radius 1 is 1.00 bits per heavy atom. The number of allylic oxidation sites excluding steroid dienone is 2. The van der Waals surface area contributed by atoms with Gasteiger partial charge in [-0.2, -0.15) is 0 Å². The van der Waals surface area contributed by atoms with Crippen molar-refractivity contribution < 1.29 is 20.1 Å². The largest absolute Gasteiger partial charge is 0.508 e. The molecule has 0 unspecified atom stereocenters. The summed E-state index contributed by atoms with van der Waals surface area (Å²) in [7, 11) is 0. The van der Waals surface area contributed by atoms with E-state index in [1.54, 1.807) is 18.2 Å². The molecule has 0 fully saturated rings. The van der Waals surface area contributed by atoms with Crippen molar-refractivity contribution in [1.29, 1.82) is 0 Å². The Labute approximate surface area is 148 Å². The second-order valence-corrected chi connectivity index (χ2v) is 6.01. The Morgan fingerprint density at radius 2 is 1.76 bits per heavy atom. The number of hydrogen-bond acceptors (Lipinski definition) is 4. The van der Waals surface area contributed by atoms with Gasteiger partial charge in [0.05, 0.1) is 6.61 Å². The molecule has 0 saturated carbocycles. The molecule has 0 aliphatic heterocycles. The maximum atomic E-state index is 10.00. The molecule has 0 amide bonds. The second-order valence-electron chi connectivity index (χ2n) is 6.01. The Kier molecular flexibility index (Phi) is 6.12. The fraction of sp³-hybridized carbons (Fsp3) is 0.238. The number of hydrogen-bond donors (Lipinski definition) is 3. The van der Waals surface area contributed by atoms with Crippen LogP contribution in [0.25, 0.3) is 12.2 Å². The standard InChI is InChI=1S/C21H24O4/c1-4-25-21-13-17(22)12-16(18(21)9-5-14(2)3)8-6-15-7-10-19(23)20(24)11-15/h5-8,10-13,22-24H,4,9H2,1-3H3. The van der Waals surface area contributed by atoms with Crippen LogP contribution in [-0.4, -0.2) is 21.9 Å². The van der Waals surface area contributed by atoms with Crippen LogP contribution in [0.5, 0.6) is 23.0 Å². The molecule has 0 bridgehead atoms. The molecule has 0 heterocycles. The van der Waals surface area contributed by atoms with Crippen molar-refractivity contribution in [2.24, 2.45) is 0 Å². The maximum absolute atomic E-state index is 10.00. The quantitative estimate of drug-likeness (QED) is 0.398. The summed E-state index contributed by atoms with van der Waals surface area (Å²) in [5, 5.41) is 29.0. The number of phenolic OH excluding ortho intramolecular Hbond substituents is 3. The first kappa shape index (κ1) is 18.5. The highest BCUT2D eigenvalue weighted by atomic mass is 16.5. The fourth-order valence-electron chi connectivity index (χ4n) is 2.44. The Balaban J connectivity index is 2.44. The van der Waals surface area contributed by atoms with E-state index in [1.807, 2.05) is 32.9 Å². The molecule has 0 radical (unpaired) electrons. The van der Waals surface area contributed by atoms with E-state index in [2.05, 4.69) is 6.08 Å². The zero-order chi connectivity index (χ0) is 18.4. The Hall–Kier alpha value is -2.88. The molecule has 4 heteroatoms. The van der Waals surface area contributed by atoms with E-state index >= 15 is 0 Å². The van der Waals surface area contributed by atoms with E-state index in [4.69, 9.17) is 4.74 Å². The molecule has 0 aromatic heterocycles. The first-order chi connectivity index (χ1) is 11.9. The van der Waals surface area contributed by atoms with Gasteiger partial charge in [0.25, 0.3) is 0 Å². The molecule has 4 nitrogen and oxygen atoms in total. The smallest absolute Gasteiger partial charge is 0.157 e. The molecule has 2 rings (SSSR count). The lowest BCUT2D eigenvalue weighted by Crippen LogP contribution is -1.98. The first-order valence-corrected chi connectivity index (χ1v) is 8.22. The molecule has 2 aromatic carbocycles. The van der Waals surface area contributed by atoms with Gasteiger partial charge in [0.1, 0.15) is 11.5 Å². The number of benzene rings is 2. The van der Waals surface area contributed by atoms with Crippen LogP contribution in [0.4, 0.5) is 0 Å². The van der Waals surface area contributed by atoms with E-state index in [0.29, 0.717) is 18.8 Å². The zero-order valence-corrected chi connectivity index (χ0v) is 14.8. The van der Waals surface area contributed by atoms with E-state index in [-0.39, 0.29) is 17.2 Å². The topological polar surface area (TPSA) is 69.9 Å². The molecule has 25 heavy (non-hydrogen) atoms. The number of rotatable bonds is 6. The molecule has 0 spiro atoms. The third-order valence-electron chi connectivity index (χ3n) is 3.70. The van der Waals surface area contributed by atoms with Crippen LogP contribution in [0.1, 0.15) is 37.5 Å². The van der Waals surface area contributed by atoms with Crippen molar-refractivity contribution in [2.75, 3.05) is 6.61 Å². The van der Waals surface area contributed by atoms with Crippen LogP contribution >= 0.6 is 0 Å². The van der Waals surface area contributed by atoms with Gasteiger partial charge in [-0.25, -0.2) is 0 Å². The van der Waals surface area contributed by atoms with Crippen LogP contribution in [-0.2, 0) is 6.42 Å². The van der Waals surface area contributed by atoms with Gasteiger partial charge in [0, 0.05) is 11.6 Å². The van der Waals surface area contributed by atoms with Gasteiger partial charge in [-0.1, -0.05) is 29.9 Å². The third-order valence-corrected chi connectivity index (χ3v) is 3.70. The van der Waals surface area contributed by atoms with Crippen molar-refractivity contribution in [3.8, 4) is 23.0 Å². The SMILES string of the molecule is CCOc1cc(O)cc(C=Cc2ccc(O)c(O)c2)c1CC=C(C)C. The summed E-state index contributed by atoms with van der Waals surface area (Å²) in [6, 6.07) is 7.93.